The van der Waals surface area contributed by atoms with Crippen molar-refractivity contribution in [3.05, 3.63) is 70.3 Å². The SMILES string of the molecule is COC(=O)/C(=C\c1ccc(NS(C)(=O)=O)cc1)C1=C(C)Cc2ccc(OC)cc21. The van der Waals surface area contributed by atoms with Gasteiger partial charge in [0, 0.05) is 5.69 Å². The largest absolute Gasteiger partial charge is 0.497 e. The molecule has 1 N–H and O–H groups in total. The minimum absolute atomic E-state index is 0.437. The van der Waals surface area contributed by atoms with Crippen molar-refractivity contribution in [3.63, 3.8) is 0 Å². The molecule has 0 aromatic heterocycles. The van der Waals surface area contributed by atoms with Crippen LogP contribution in [-0.4, -0.2) is 34.9 Å². The highest BCUT2D eigenvalue weighted by atomic mass is 32.2. The number of carbonyl (C=O) groups is 1. The van der Waals surface area contributed by atoms with Crippen LogP contribution in [0.25, 0.3) is 11.6 Å². The number of sulfonamides is 1. The van der Waals surface area contributed by atoms with E-state index in [1.165, 1.54) is 7.11 Å². The van der Waals surface area contributed by atoms with E-state index in [1.807, 2.05) is 25.1 Å². The Labute approximate surface area is 170 Å². The first-order valence-corrected chi connectivity index (χ1v) is 10.9. The smallest absolute Gasteiger partial charge is 0.338 e. The van der Waals surface area contributed by atoms with Crippen molar-refractivity contribution in [2.75, 3.05) is 25.2 Å². The Bertz CT molecular complexity index is 1110. The van der Waals surface area contributed by atoms with Crippen LogP contribution in [0.3, 0.4) is 0 Å². The summed E-state index contributed by atoms with van der Waals surface area (Å²) < 4.78 is 35.5. The van der Waals surface area contributed by atoms with Gasteiger partial charge in [0.05, 0.1) is 26.0 Å². The van der Waals surface area contributed by atoms with Gasteiger partial charge < -0.3 is 9.47 Å². The van der Waals surface area contributed by atoms with Crippen LogP contribution in [0.4, 0.5) is 5.69 Å². The van der Waals surface area contributed by atoms with E-state index in [9.17, 15) is 13.2 Å². The molecule has 2 aromatic carbocycles. The maximum atomic E-state index is 12.6. The van der Waals surface area contributed by atoms with E-state index in [1.54, 1.807) is 37.5 Å². The molecule has 0 atom stereocenters. The molecule has 2 aromatic rings. The number of fused-ring (bicyclic) bond motifs is 1. The maximum absolute atomic E-state index is 12.6. The van der Waals surface area contributed by atoms with E-state index in [4.69, 9.17) is 9.47 Å². The topological polar surface area (TPSA) is 81.7 Å². The van der Waals surface area contributed by atoms with Gasteiger partial charge in [-0.25, -0.2) is 13.2 Å². The average molecular weight is 413 g/mol. The summed E-state index contributed by atoms with van der Waals surface area (Å²) in [6.45, 7) is 2.00. The molecule has 7 heteroatoms. The summed E-state index contributed by atoms with van der Waals surface area (Å²) >= 11 is 0. The van der Waals surface area contributed by atoms with Crippen LogP contribution in [0.5, 0.6) is 5.75 Å². The van der Waals surface area contributed by atoms with E-state index in [0.717, 1.165) is 46.3 Å². The third-order valence-electron chi connectivity index (χ3n) is 4.67. The Morgan fingerprint density at radius 1 is 1.10 bits per heavy atom. The number of carbonyl (C=O) groups excluding carboxylic acids is 1. The zero-order chi connectivity index (χ0) is 21.2. The number of esters is 1. The fourth-order valence-electron chi connectivity index (χ4n) is 3.42. The van der Waals surface area contributed by atoms with E-state index >= 15 is 0 Å². The molecule has 6 nitrogen and oxygen atoms in total. The fourth-order valence-corrected chi connectivity index (χ4v) is 3.98. The van der Waals surface area contributed by atoms with Crippen LogP contribution >= 0.6 is 0 Å². The summed E-state index contributed by atoms with van der Waals surface area (Å²) in [5.41, 5.74) is 5.64. The zero-order valence-electron chi connectivity index (χ0n) is 16.8. The molecule has 29 heavy (non-hydrogen) atoms. The van der Waals surface area contributed by atoms with Gasteiger partial charge in [-0.1, -0.05) is 23.8 Å². The number of rotatable bonds is 6. The number of allylic oxidation sites excluding steroid dienone is 1. The van der Waals surface area contributed by atoms with E-state index in [-0.39, 0.29) is 0 Å². The second-order valence-electron chi connectivity index (χ2n) is 6.90. The minimum atomic E-state index is -3.35. The predicted molar refractivity (Wildman–Crippen MR) is 114 cm³/mol. The number of methoxy groups -OCH3 is 2. The van der Waals surface area contributed by atoms with Crippen molar-refractivity contribution in [1.82, 2.24) is 0 Å². The first kappa shape index (κ1) is 20.7. The van der Waals surface area contributed by atoms with Crippen molar-refractivity contribution >= 4 is 33.3 Å². The summed E-state index contributed by atoms with van der Waals surface area (Å²) in [7, 11) is -0.389. The molecule has 1 aliphatic rings. The van der Waals surface area contributed by atoms with Gasteiger partial charge in [0.15, 0.2) is 0 Å². The number of ether oxygens (including phenoxy) is 2. The second kappa shape index (κ2) is 8.13. The van der Waals surface area contributed by atoms with Gasteiger partial charge in [-0.05, 0) is 65.9 Å². The van der Waals surface area contributed by atoms with Crippen LogP contribution in [-0.2, 0) is 26.0 Å². The summed E-state index contributed by atoms with van der Waals surface area (Å²) in [4.78, 5) is 12.6. The summed E-state index contributed by atoms with van der Waals surface area (Å²) in [5.74, 6) is 0.282. The van der Waals surface area contributed by atoms with Gasteiger partial charge in [0.2, 0.25) is 10.0 Å². The molecule has 0 bridgehead atoms. The molecule has 3 rings (SSSR count). The number of hydrogen-bond acceptors (Lipinski definition) is 5. The van der Waals surface area contributed by atoms with Crippen LogP contribution in [0.1, 0.15) is 23.6 Å². The van der Waals surface area contributed by atoms with E-state index in [0.29, 0.717) is 11.3 Å². The molecule has 0 amide bonds. The van der Waals surface area contributed by atoms with Crippen molar-refractivity contribution in [2.45, 2.75) is 13.3 Å². The maximum Gasteiger partial charge on any atom is 0.338 e. The molecular formula is C22H23NO5S. The van der Waals surface area contributed by atoms with Crippen LogP contribution in [0.15, 0.2) is 53.6 Å². The molecule has 0 heterocycles. The van der Waals surface area contributed by atoms with Crippen molar-refractivity contribution in [2.24, 2.45) is 0 Å². The lowest BCUT2D eigenvalue weighted by atomic mass is 9.95. The number of nitrogens with one attached hydrogen (secondary N) is 1. The first-order valence-electron chi connectivity index (χ1n) is 8.97. The quantitative estimate of drug-likeness (QED) is 0.577. The Hall–Kier alpha value is -3.06. The highest BCUT2D eigenvalue weighted by molar-refractivity contribution is 7.92. The normalized spacial score (nSPS) is 13.9. The first-order chi connectivity index (χ1) is 13.7. The average Bonchev–Trinajstić information content (AvgIpc) is 3.00. The summed E-state index contributed by atoms with van der Waals surface area (Å²) in [6, 6.07) is 12.6. The zero-order valence-corrected chi connectivity index (χ0v) is 17.6. The van der Waals surface area contributed by atoms with Crippen molar-refractivity contribution in [1.29, 1.82) is 0 Å². The Balaban J connectivity index is 2.04. The highest BCUT2D eigenvalue weighted by Gasteiger charge is 2.26. The van der Waals surface area contributed by atoms with Gasteiger partial charge in [-0.3, -0.25) is 4.72 Å². The molecule has 0 saturated carbocycles. The van der Waals surface area contributed by atoms with Gasteiger partial charge in [0.1, 0.15) is 5.75 Å². The lowest BCUT2D eigenvalue weighted by molar-refractivity contribution is -0.135. The summed E-state index contributed by atoms with van der Waals surface area (Å²) in [6.07, 6.45) is 3.60. The van der Waals surface area contributed by atoms with Gasteiger partial charge in [-0.15, -0.1) is 0 Å². The predicted octanol–water partition coefficient (Wildman–Crippen LogP) is 3.65. The van der Waals surface area contributed by atoms with Crippen LogP contribution < -0.4 is 9.46 Å². The number of anilines is 1. The molecule has 1 aliphatic carbocycles. The van der Waals surface area contributed by atoms with E-state index in [2.05, 4.69) is 4.72 Å². The third-order valence-corrected chi connectivity index (χ3v) is 5.27. The molecule has 152 valence electrons. The van der Waals surface area contributed by atoms with Gasteiger partial charge in [0.25, 0.3) is 0 Å². The molecule has 0 radical (unpaired) electrons. The lowest BCUT2D eigenvalue weighted by Gasteiger charge is -2.12. The van der Waals surface area contributed by atoms with Gasteiger partial charge >= 0.3 is 5.97 Å². The third kappa shape index (κ3) is 4.68. The Morgan fingerprint density at radius 3 is 2.38 bits per heavy atom. The Kier molecular flexibility index (Phi) is 5.79. The van der Waals surface area contributed by atoms with Crippen LogP contribution in [0.2, 0.25) is 0 Å². The fraction of sp³-hybridized carbons (Fsp3) is 0.227. The van der Waals surface area contributed by atoms with Crippen LogP contribution in [0, 0.1) is 0 Å². The molecule has 0 saturated heterocycles. The van der Waals surface area contributed by atoms with Gasteiger partial charge in [-0.2, -0.15) is 0 Å². The Morgan fingerprint density at radius 2 is 1.79 bits per heavy atom. The second-order valence-corrected chi connectivity index (χ2v) is 8.65. The standard InChI is InChI=1S/C22H23NO5S/c1-14-11-16-7-10-18(27-2)13-19(16)21(14)20(22(24)28-3)12-15-5-8-17(9-6-15)23-29(4,25)26/h5-10,12-13,23H,11H2,1-4H3/b20-12-. The summed E-state index contributed by atoms with van der Waals surface area (Å²) in [5, 5.41) is 0. The molecule has 0 unspecified atom stereocenters. The van der Waals surface area contributed by atoms with Crippen molar-refractivity contribution < 1.29 is 22.7 Å². The lowest BCUT2D eigenvalue weighted by Crippen LogP contribution is -2.09. The van der Waals surface area contributed by atoms with Crippen molar-refractivity contribution in [3.8, 4) is 5.75 Å². The van der Waals surface area contributed by atoms with E-state index < -0.39 is 16.0 Å². The molecule has 0 spiro atoms. The molecule has 0 aliphatic heterocycles. The molecule has 0 fully saturated rings. The number of hydrogen-bond donors (Lipinski definition) is 1. The highest BCUT2D eigenvalue weighted by Crippen LogP contribution is 2.40. The minimum Gasteiger partial charge on any atom is -0.497 e. The molecular weight excluding hydrogens is 390 g/mol. The number of benzene rings is 2. The monoisotopic (exact) mass is 413 g/mol.